The first-order valence-corrected chi connectivity index (χ1v) is 9.99. The number of carboxylic acids is 1. The van der Waals surface area contributed by atoms with E-state index in [4.69, 9.17) is 9.84 Å². The van der Waals surface area contributed by atoms with Gasteiger partial charge in [0.05, 0.1) is 24.0 Å². The number of ether oxygens (including phenoxy) is 1. The van der Waals surface area contributed by atoms with Crippen LogP contribution in [0.15, 0.2) is 0 Å². The normalized spacial score (nSPS) is 35.0. The van der Waals surface area contributed by atoms with Crippen molar-refractivity contribution in [2.45, 2.75) is 69.6 Å². The van der Waals surface area contributed by atoms with E-state index < -0.39 is 5.97 Å². The minimum Gasteiger partial charge on any atom is -0.481 e. The van der Waals surface area contributed by atoms with E-state index in [1.54, 1.807) is 4.90 Å². The molecule has 4 rings (SSSR count). The smallest absolute Gasteiger partial charge is 0.303 e. The molecule has 0 aliphatic carbocycles. The third-order valence-corrected chi connectivity index (χ3v) is 6.56. The maximum atomic E-state index is 12.7. The summed E-state index contributed by atoms with van der Waals surface area (Å²) in [4.78, 5) is 51.9. The zero-order valence-electron chi connectivity index (χ0n) is 15.3. The number of amides is 3. The summed E-state index contributed by atoms with van der Waals surface area (Å²) in [6.07, 6.45) is 4.69. The quantitative estimate of drug-likeness (QED) is 0.685. The van der Waals surface area contributed by atoms with Gasteiger partial charge in [0, 0.05) is 32.0 Å². The molecule has 4 fully saturated rings. The molecular weight excluding hydrogens is 352 g/mol. The van der Waals surface area contributed by atoms with Gasteiger partial charge in [-0.25, -0.2) is 0 Å². The van der Waals surface area contributed by atoms with Crippen LogP contribution in [0.5, 0.6) is 0 Å². The third kappa shape index (κ3) is 3.24. The number of likely N-dealkylation sites (tertiary alicyclic amines) is 2. The first-order chi connectivity index (χ1) is 13.0. The maximum Gasteiger partial charge on any atom is 0.303 e. The van der Waals surface area contributed by atoms with Crippen molar-refractivity contribution in [2.75, 3.05) is 13.1 Å². The second-order valence-corrected chi connectivity index (χ2v) is 8.09. The summed E-state index contributed by atoms with van der Waals surface area (Å²) in [6.45, 7) is 0.735. The van der Waals surface area contributed by atoms with E-state index in [1.807, 2.05) is 0 Å². The van der Waals surface area contributed by atoms with Crippen LogP contribution in [0.25, 0.3) is 0 Å². The summed E-state index contributed by atoms with van der Waals surface area (Å²) in [5, 5.41) is 8.91. The lowest BCUT2D eigenvalue weighted by Gasteiger charge is -2.36. The van der Waals surface area contributed by atoms with Gasteiger partial charge in [0.1, 0.15) is 0 Å². The third-order valence-electron chi connectivity index (χ3n) is 6.56. The van der Waals surface area contributed by atoms with E-state index >= 15 is 0 Å². The van der Waals surface area contributed by atoms with Gasteiger partial charge < -0.3 is 14.7 Å². The highest BCUT2D eigenvalue weighted by molar-refractivity contribution is 6.06. The first kappa shape index (κ1) is 18.4. The van der Waals surface area contributed by atoms with Crippen LogP contribution in [0.2, 0.25) is 0 Å². The van der Waals surface area contributed by atoms with Gasteiger partial charge in [-0.2, -0.15) is 0 Å². The molecule has 8 nitrogen and oxygen atoms in total. The second-order valence-electron chi connectivity index (χ2n) is 8.09. The van der Waals surface area contributed by atoms with Crippen molar-refractivity contribution >= 4 is 23.7 Å². The molecule has 0 aromatic carbocycles. The molecule has 4 saturated heterocycles. The fourth-order valence-corrected chi connectivity index (χ4v) is 5.26. The summed E-state index contributed by atoms with van der Waals surface area (Å²) in [5.41, 5.74) is 0. The molecule has 5 atom stereocenters. The Balaban J connectivity index is 1.35. The fourth-order valence-electron chi connectivity index (χ4n) is 5.26. The number of carbonyl (C=O) groups excluding carboxylic acids is 3. The molecule has 3 amide bonds. The van der Waals surface area contributed by atoms with Crippen molar-refractivity contribution in [3.05, 3.63) is 0 Å². The summed E-state index contributed by atoms with van der Waals surface area (Å²) in [5.74, 6) is -2.04. The van der Waals surface area contributed by atoms with Crippen LogP contribution >= 0.6 is 0 Å². The lowest BCUT2D eigenvalue weighted by Crippen LogP contribution is -2.45. The first-order valence-electron chi connectivity index (χ1n) is 9.99. The van der Waals surface area contributed by atoms with Crippen LogP contribution in [0.4, 0.5) is 0 Å². The molecule has 27 heavy (non-hydrogen) atoms. The van der Waals surface area contributed by atoms with Crippen molar-refractivity contribution in [1.29, 1.82) is 0 Å². The molecule has 148 valence electrons. The Morgan fingerprint density at radius 2 is 1.67 bits per heavy atom. The molecule has 2 bridgehead atoms. The van der Waals surface area contributed by atoms with Crippen LogP contribution in [0, 0.1) is 11.8 Å². The van der Waals surface area contributed by atoms with Crippen LogP contribution in [0.3, 0.4) is 0 Å². The number of hydrogen-bond donors (Lipinski definition) is 1. The fraction of sp³-hybridized carbons (Fsp3) is 0.789. The number of imide groups is 1. The molecule has 5 unspecified atom stereocenters. The summed E-state index contributed by atoms with van der Waals surface area (Å²) >= 11 is 0. The molecule has 4 heterocycles. The highest BCUT2D eigenvalue weighted by Crippen LogP contribution is 2.48. The van der Waals surface area contributed by atoms with Gasteiger partial charge in [0.25, 0.3) is 0 Å². The van der Waals surface area contributed by atoms with Crippen LogP contribution in [0.1, 0.15) is 51.4 Å². The average Bonchev–Trinajstić information content (AvgIpc) is 3.33. The number of carbonyl (C=O) groups is 4. The Kier molecular flexibility index (Phi) is 4.92. The average molecular weight is 378 g/mol. The molecule has 0 aromatic rings. The topological polar surface area (TPSA) is 104 Å². The van der Waals surface area contributed by atoms with E-state index in [-0.39, 0.29) is 67.2 Å². The summed E-state index contributed by atoms with van der Waals surface area (Å²) in [6, 6.07) is -0.0593. The van der Waals surface area contributed by atoms with Crippen molar-refractivity contribution in [3.63, 3.8) is 0 Å². The summed E-state index contributed by atoms with van der Waals surface area (Å²) in [7, 11) is 0. The Bertz CT molecular complexity index is 637. The molecule has 0 aromatic heterocycles. The Morgan fingerprint density at radius 1 is 1.00 bits per heavy atom. The van der Waals surface area contributed by atoms with Gasteiger partial charge in [-0.05, 0) is 38.5 Å². The number of carboxylic acid groups (broad SMARTS) is 1. The molecule has 0 radical (unpaired) electrons. The van der Waals surface area contributed by atoms with Gasteiger partial charge in [-0.15, -0.1) is 0 Å². The van der Waals surface area contributed by atoms with Crippen molar-refractivity contribution in [3.8, 4) is 0 Å². The van der Waals surface area contributed by atoms with Crippen molar-refractivity contribution in [2.24, 2.45) is 11.8 Å². The monoisotopic (exact) mass is 378 g/mol. The highest BCUT2D eigenvalue weighted by atomic mass is 16.5. The Hall–Kier alpha value is -1.96. The van der Waals surface area contributed by atoms with Gasteiger partial charge in [-0.3, -0.25) is 24.1 Å². The SMILES string of the molecule is O=C(O)CCC1CCCCN1C(=O)CCN1C(=O)C2C3CCC(O3)C2C1=O. The predicted octanol–water partition coefficient (Wildman–Crippen LogP) is 0.785. The van der Waals surface area contributed by atoms with Gasteiger partial charge in [-0.1, -0.05) is 0 Å². The number of fused-ring (bicyclic) bond motifs is 5. The molecule has 1 N–H and O–H groups in total. The number of aliphatic carboxylic acids is 1. The zero-order valence-corrected chi connectivity index (χ0v) is 15.3. The molecule has 0 saturated carbocycles. The van der Waals surface area contributed by atoms with Crippen LogP contribution in [-0.2, 0) is 23.9 Å². The lowest BCUT2D eigenvalue weighted by atomic mass is 9.81. The maximum absolute atomic E-state index is 12.7. The van der Waals surface area contributed by atoms with E-state index in [9.17, 15) is 19.2 Å². The molecule has 4 aliphatic rings. The van der Waals surface area contributed by atoms with Crippen molar-refractivity contribution in [1.82, 2.24) is 9.80 Å². The predicted molar refractivity (Wildman–Crippen MR) is 92.4 cm³/mol. The minimum atomic E-state index is -0.857. The van der Waals surface area contributed by atoms with E-state index in [2.05, 4.69) is 0 Å². The Labute approximate surface area is 157 Å². The van der Waals surface area contributed by atoms with Crippen molar-refractivity contribution < 1.29 is 29.0 Å². The second kappa shape index (κ2) is 7.22. The lowest BCUT2D eigenvalue weighted by molar-refractivity contribution is -0.144. The van der Waals surface area contributed by atoms with Crippen LogP contribution < -0.4 is 0 Å². The van der Waals surface area contributed by atoms with E-state index in [0.29, 0.717) is 13.0 Å². The van der Waals surface area contributed by atoms with Gasteiger partial charge in [0.15, 0.2) is 0 Å². The number of hydrogen-bond acceptors (Lipinski definition) is 5. The van der Waals surface area contributed by atoms with Gasteiger partial charge in [0.2, 0.25) is 17.7 Å². The Morgan fingerprint density at radius 3 is 2.30 bits per heavy atom. The van der Waals surface area contributed by atoms with E-state index in [0.717, 1.165) is 32.1 Å². The zero-order chi connectivity index (χ0) is 19.1. The molecular formula is C19H26N2O6. The number of piperidine rings is 1. The minimum absolute atomic E-state index is 0.0453. The molecule has 0 spiro atoms. The summed E-state index contributed by atoms with van der Waals surface area (Å²) < 4.78 is 5.72. The standard InChI is InChI=1S/C19H26N2O6/c22-14(20-9-2-1-3-11(20)4-7-15(23)24)8-10-21-18(25)16-12-5-6-13(27-12)17(16)19(21)26/h11-13,16-17H,1-10H2,(H,23,24). The largest absolute Gasteiger partial charge is 0.481 e. The molecule has 8 heteroatoms. The van der Waals surface area contributed by atoms with Crippen LogP contribution in [-0.4, -0.2) is 69.9 Å². The van der Waals surface area contributed by atoms with E-state index in [1.165, 1.54) is 4.90 Å². The number of nitrogens with zero attached hydrogens (tertiary/aromatic N) is 2. The molecule has 4 aliphatic heterocycles. The highest BCUT2D eigenvalue weighted by Gasteiger charge is 2.62. The number of rotatable bonds is 6. The van der Waals surface area contributed by atoms with Gasteiger partial charge >= 0.3 is 5.97 Å².